The molecule has 0 radical (unpaired) electrons. The summed E-state index contributed by atoms with van der Waals surface area (Å²) in [6.07, 6.45) is 0. The number of benzene rings is 2. The molecule has 24 heavy (non-hydrogen) atoms. The van der Waals surface area contributed by atoms with Crippen molar-refractivity contribution in [1.82, 2.24) is 4.98 Å². The molecule has 0 spiro atoms. The van der Waals surface area contributed by atoms with E-state index < -0.39 is 6.04 Å². The van der Waals surface area contributed by atoms with Crippen LogP contribution >= 0.6 is 11.6 Å². The third-order valence-corrected chi connectivity index (χ3v) is 4.21. The van der Waals surface area contributed by atoms with Crippen LogP contribution in [0.2, 0.25) is 5.02 Å². The molecule has 1 heterocycles. The largest absolute Gasteiger partial charge is 0.441 e. The van der Waals surface area contributed by atoms with Crippen molar-refractivity contribution in [2.75, 3.05) is 10.6 Å². The second-order valence-electron chi connectivity index (χ2n) is 5.68. The van der Waals surface area contributed by atoms with Crippen molar-refractivity contribution in [3.8, 4) is 0 Å². The highest BCUT2D eigenvalue weighted by Crippen LogP contribution is 2.24. The topological polar surface area (TPSA) is 67.2 Å². The molecule has 1 atom stereocenters. The fraction of sp³-hybridized carbons (Fsp3) is 0.222. The first-order valence-corrected chi connectivity index (χ1v) is 8.01. The molecule has 3 rings (SSSR count). The lowest BCUT2D eigenvalue weighted by Crippen LogP contribution is -2.32. The van der Waals surface area contributed by atoms with Crippen LogP contribution in [0.3, 0.4) is 0 Å². The lowest BCUT2D eigenvalue weighted by molar-refractivity contribution is -0.116. The minimum atomic E-state index is -0.422. The van der Waals surface area contributed by atoms with Crippen LogP contribution in [0, 0.1) is 13.8 Å². The number of nitrogens with one attached hydrogen (secondary N) is 2. The van der Waals surface area contributed by atoms with Gasteiger partial charge in [-0.3, -0.25) is 4.79 Å². The van der Waals surface area contributed by atoms with E-state index in [0.29, 0.717) is 16.6 Å². The van der Waals surface area contributed by atoms with E-state index in [4.69, 9.17) is 16.0 Å². The molecular weight excluding hydrogens is 326 g/mol. The van der Waals surface area contributed by atoms with Gasteiger partial charge in [-0.25, -0.2) is 4.98 Å². The quantitative estimate of drug-likeness (QED) is 0.730. The Hall–Kier alpha value is -2.53. The van der Waals surface area contributed by atoms with Gasteiger partial charge in [0, 0.05) is 23.3 Å². The van der Waals surface area contributed by atoms with Crippen LogP contribution in [0.15, 0.2) is 40.8 Å². The molecule has 0 aliphatic carbocycles. The van der Waals surface area contributed by atoms with E-state index in [1.54, 1.807) is 19.9 Å². The van der Waals surface area contributed by atoms with Crippen molar-refractivity contribution in [3.63, 3.8) is 0 Å². The SMILES string of the molecule is Cc1nc2cc(N[C@H](C)C(=O)Nc3cccc(Cl)c3C)ccc2o1. The maximum absolute atomic E-state index is 12.4. The van der Waals surface area contributed by atoms with Gasteiger partial charge in [0.1, 0.15) is 11.6 Å². The number of fused-ring (bicyclic) bond motifs is 1. The molecule has 5 nitrogen and oxygen atoms in total. The van der Waals surface area contributed by atoms with Gasteiger partial charge in [-0.2, -0.15) is 0 Å². The number of hydrogen-bond acceptors (Lipinski definition) is 4. The molecule has 0 aliphatic rings. The predicted molar refractivity (Wildman–Crippen MR) is 96.6 cm³/mol. The van der Waals surface area contributed by atoms with Crippen LogP contribution in [0.25, 0.3) is 11.1 Å². The molecule has 0 saturated carbocycles. The molecule has 1 aromatic heterocycles. The minimum Gasteiger partial charge on any atom is -0.441 e. The van der Waals surface area contributed by atoms with Crippen molar-refractivity contribution >= 4 is 40.0 Å². The van der Waals surface area contributed by atoms with Crippen LogP contribution in [-0.2, 0) is 4.79 Å². The fourth-order valence-electron chi connectivity index (χ4n) is 2.43. The maximum atomic E-state index is 12.4. The average Bonchev–Trinajstić information content (AvgIpc) is 2.91. The Bertz CT molecular complexity index is 904. The van der Waals surface area contributed by atoms with Gasteiger partial charge in [-0.05, 0) is 49.7 Å². The summed E-state index contributed by atoms with van der Waals surface area (Å²) in [7, 11) is 0. The smallest absolute Gasteiger partial charge is 0.246 e. The van der Waals surface area contributed by atoms with Gasteiger partial charge in [0.05, 0.1) is 0 Å². The molecule has 2 N–H and O–H groups in total. The molecule has 0 unspecified atom stereocenters. The zero-order chi connectivity index (χ0) is 17.3. The van der Waals surface area contributed by atoms with E-state index in [-0.39, 0.29) is 5.91 Å². The maximum Gasteiger partial charge on any atom is 0.246 e. The van der Waals surface area contributed by atoms with Crippen LogP contribution in [0.1, 0.15) is 18.4 Å². The Labute approximate surface area is 145 Å². The molecule has 0 aliphatic heterocycles. The number of halogens is 1. The summed E-state index contributed by atoms with van der Waals surface area (Å²) in [4.78, 5) is 16.7. The summed E-state index contributed by atoms with van der Waals surface area (Å²) < 4.78 is 5.45. The minimum absolute atomic E-state index is 0.142. The Morgan fingerprint density at radius 2 is 2.04 bits per heavy atom. The number of carbonyl (C=O) groups is 1. The molecule has 2 aromatic carbocycles. The molecular formula is C18H18ClN3O2. The second-order valence-corrected chi connectivity index (χ2v) is 6.09. The third kappa shape index (κ3) is 3.36. The van der Waals surface area contributed by atoms with Crippen molar-refractivity contribution in [2.45, 2.75) is 26.8 Å². The van der Waals surface area contributed by atoms with Gasteiger partial charge in [0.25, 0.3) is 0 Å². The van der Waals surface area contributed by atoms with Gasteiger partial charge in [0.15, 0.2) is 11.5 Å². The first kappa shape index (κ1) is 16.3. The number of rotatable bonds is 4. The number of oxazole rings is 1. The lowest BCUT2D eigenvalue weighted by Gasteiger charge is -2.16. The molecule has 0 fully saturated rings. The monoisotopic (exact) mass is 343 g/mol. The molecule has 0 bridgehead atoms. The Kier molecular flexibility index (Phi) is 4.44. The van der Waals surface area contributed by atoms with Crippen molar-refractivity contribution in [1.29, 1.82) is 0 Å². The average molecular weight is 344 g/mol. The van der Waals surface area contributed by atoms with Crippen molar-refractivity contribution < 1.29 is 9.21 Å². The zero-order valence-corrected chi connectivity index (χ0v) is 14.4. The number of carbonyl (C=O) groups excluding carboxylic acids is 1. The number of hydrogen-bond donors (Lipinski definition) is 2. The summed E-state index contributed by atoms with van der Waals surface area (Å²) in [5.41, 5.74) is 3.85. The molecule has 6 heteroatoms. The number of nitrogens with zero attached hydrogens (tertiary/aromatic N) is 1. The Balaban J connectivity index is 1.71. The number of aromatic nitrogens is 1. The first-order chi connectivity index (χ1) is 11.4. The highest BCUT2D eigenvalue weighted by Gasteiger charge is 2.15. The van der Waals surface area contributed by atoms with E-state index in [0.717, 1.165) is 22.4 Å². The van der Waals surface area contributed by atoms with E-state index in [9.17, 15) is 4.79 Å². The standard InChI is InChI=1S/C18H18ClN3O2/c1-10-14(19)5-4-6-15(10)22-18(23)11(2)20-13-7-8-17-16(9-13)21-12(3)24-17/h4-9,11,20H,1-3H3,(H,22,23)/t11-/m1/s1. The van der Waals surface area contributed by atoms with E-state index in [2.05, 4.69) is 15.6 Å². The van der Waals surface area contributed by atoms with E-state index in [1.165, 1.54) is 0 Å². The second kappa shape index (κ2) is 6.53. The summed E-state index contributed by atoms with van der Waals surface area (Å²) >= 11 is 6.08. The predicted octanol–water partition coefficient (Wildman–Crippen LogP) is 4.54. The zero-order valence-electron chi connectivity index (χ0n) is 13.7. The highest BCUT2D eigenvalue weighted by molar-refractivity contribution is 6.31. The summed E-state index contributed by atoms with van der Waals surface area (Å²) in [5.74, 6) is 0.473. The highest BCUT2D eigenvalue weighted by atomic mass is 35.5. The van der Waals surface area contributed by atoms with E-state index >= 15 is 0 Å². The Morgan fingerprint density at radius 1 is 1.25 bits per heavy atom. The summed E-state index contributed by atoms with van der Waals surface area (Å²) in [5, 5.41) is 6.69. The first-order valence-electron chi connectivity index (χ1n) is 7.64. The Morgan fingerprint density at radius 3 is 2.83 bits per heavy atom. The van der Waals surface area contributed by atoms with Crippen molar-refractivity contribution in [3.05, 3.63) is 52.9 Å². The normalized spacial score (nSPS) is 12.2. The van der Waals surface area contributed by atoms with E-state index in [1.807, 2.05) is 37.3 Å². The van der Waals surface area contributed by atoms with Crippen LogP contribution in [0.4, 0.5) is 11.4 Å². The third-order valence-electron chi connectivity index (χ3n) is 3.80. The van der Waals surface area contributed by atoms with Crippen LogP contribution in [-0.4, -0.2) is 16.9 Å². The molecule has 0 saturated heterocycles. The van der Waals surface area contributed by atoms with Crippen molar-refractivity contribution in [2.24, 2.45) is 0 Å². The summed E-state index contributed by atoms with van der Waals surface area (Å²) in [6, 6.07) is 10.6. The molecule has 1 amide bonds. The summed E-state index contributed by atoms with van der Waals surface area (Å²) in [6.45, 7) is 5.47. The van der Waals surface area contributed by atoms with Crippen LogP contribution in [0.5, 0.6) is 0 Å². The number of aryl methyl sites for hydroxylation is 1. The van der Waals surface area contributed by atoms with Gasteiger partial charge in [-0.15, -0.1) is 0 Å². The number of anilines is 2. The lowest BCUT2D eigenvalue weighted by atomic mass is 10.2. The van der Waals surface area contributed by atoms with Gasteiger partial charge < -0.3 is 15.1 Å². The van der Waals surface area contributed by atoms with Crippen LogP contribution < -0.4 is 10.6 Å². The van der Waals surface area contributed by atoms with Gasteiger partial charge in [0.2, 0.25) is 5.91 Å². The fourth-order valence-corrected chi connectivity index (χ4v) is 2.61. The van der Waals surface area contributed by atoms with Gasteiger partial charge in [-0.1, -0.05) is 17.7 Å². The van der Waals surface area contributed by atoms with Gasteiger partial charge >= 0.3 is 0 Å². The molecule has 3 aromatic rings. The number of amides is 1. The molecule has 124 valence electrons.